The van der Waals surface area contributed by atoms with Crippen LogP contribution in [0.15, 0.2) is 28.8 Å². The largest absolute Gasteiger partial charge is 0.439 e. The van der Waals surface area contributed by atoms with Crippen LogP contribution in [0.3, 0.4) is 0 Å². The summed E-state index contributed by atoms with van der Waals surface area (Å²) >= 11 is 8.24. The second-order valence-electron chi connectivity index (χ2n) is 3.70. The van der Waals surface area contributed by atoms with Crippen molar-refractivity contribution in [2.75, 3.05) is 7.05 Å². The predicted octanol–water partition coefficient (Wildman–Crippen LogP) is 3.88. The van der Waals surface area contributed by atoms with Crippen molar-refractivity contribution in [2.45, 2.75) is 13.0 Å². The molecular formula is C12H12ClIN2O. The smallest absolute Gasteiger partial charge is 0.211 e. The van der Waals surface area contributed by atoms with Crippen LogP contribution in [-0.4, -0.2) is 12.0 Å². The average Bonchev–Trinajstić information content (AvgIpc) is 2.80. The van der Waals surface area contributed by atoms with Crippen LogP contribution in [0.1, 0.15) is 18.9 Å². The summed E-state index contributed by atoms with van der Waals surface area (Å²) in [5.41, 5.74) is 0.972. The highest BCUT2D eigenvalue weighted by Gasteiger charge is 2.13. The van der Waals surface area contributed by atoms with E-state index >= 15 is 0 Å². The van der Waals surface area contributed by atoms with Gasteiger partial charge in [0.25, 0.3) is 0 Å². The molecule has 0 saturated carbocycles. The third-order valence-electron chi connectivity index (χ3n) is 2.52. The summed E-state index contributed by atoms with van der Waals surface area (Å²) in [5, 5.41) is 3.78. The Balaban J connectivity index is 2.40. The van der Waals surface area contributed by atoms with E-state index in [0.717, 1.165) is 14.9 Å². The number of nitrogens with zero attached hydrogens (tertiary/aromatic N) is 1. The number of hydrogen-bond donors (Lipinski definition) is 1. The Morgan fingerprint density at radius 3 is 2.94 bits per heavy atom. The maximum Gasteiger partial charge on any atom is 0.211 e. The van der Waals surface area contributed by atoms with Crippen molar-refractivity contribution in [3.8, 4) is 11.3 Å². The second kappa shape index (κ2) is 5.37. The Morgan fingerprint density at radius 1 is 1.47 bits per heavy atom. The first-order valence-corrected chi connectivity index (χ1v) is 6.66. The normalized spacial score (nSPS) is 12.7. The number of oxazole rings is 1. The first-order chi connectivity index (χ1) is 8.11. The first kappa shape index (κ1) is 12.9. The van der Waals surface area contributed by atoms with E-state index < -0.39 is 0 Å². The van der Waals surface area contributed by atoms with Crippen molar-refractivity contribution >= 4 is 34.2 Å². The number of hydrogen-bond acceptors (Lipinski definition) is 3. The first-order valence-electron chi connectivity index (χ1n) is 5.20. The van der Waals surface area contributed by atoms with E-state index in [4.69, 9.17) is 16.0 Å². The maximum atomic E-state index is 5.99. The lowest BCUT2D eigenvalue weighted by molar-refractivity contribution is 0.441. The molecule has 5 heteroatoms. The van der Waals surface area contributed by atoms with Crippen LogP contribution < -0.4 is 5.32 Å². The van der Waals surface area contributed by atoms with Gasteiger partial charge in [-0.15, -0.1) is 0 Å². The van der Waals surface area contributed by atoms with Crippen LogP contribution in [0, 0.1) is 3.57 Å². The van der Waals surface area contributed by atoms with Gasteiger partial charge in [0.15, 0.2) is 5.76 Å². The summed E-state index contributed by atoms with van der Waals surface area (Å²) in [4.78, 5) is 4.26. The van der Waals surface area contributed by atoms with Gasteiger partial charge < -0.3 is 9.73 Å². The molecule has 0 aliphatic carbocycles. The lowest BCUT2D eigenvalue weighted by Gasteiger charge is -2.04. The Labute approximate surface area is 119 Å². The zero-order chi connectivity index (χ0) is 12.4. The van der Waals surface area contributed by atoms with Gasteiger partial charge >= 0.3 is 0 Å². The number of rotatable bonds is 3. The molecule has 1 atom stereocenters. The van der Waals surface area contributed by atoms with Gasteiger partial charge in [0, 0.05) is 14.2 Å². The zero-order valence-electron chi connectivity index (χ0n) is 9.50. The van der Waals surface area contributed by atoms with Crippen LogP contribution in [0.4, 0.5) is 0 Å². The van der Waals surface area contributed by atoms with Crippen molar-refractivity contribution in [1.82, 2.24) is 10.3 Å². The molecule has 3 nitrogen and oxygen atoms in total. The van der Waals surface area contributed by atoms with Gasteiger partial charge in [-0.25, -0.2) is 4.98 Å². The van der Waals surface area contributed by atoms with Crippen LogP contribution in [0.5, 0.6) is 0 Å². The average molecular weight is 363 g/mol. The van der Waals surface area contributed by atoms with Gasteiger partial charge in [0.05, 0.1) is 12.2 Å². The summed E-state index contributed by atoms with van der Waals surface area (Å²) in [5.74, 6) is 1.42. The molecule has 1 aromatic heterocycles. The third-order valence-corrected chi connectivity index (χ3v) is 3.70. The molecule has 0 aliphatic heterocycles. The summed E-state index contributed by atoms with van der Waals surface area (Å²) in [6.07, 6.45) is 1.73. The van der Waals surface area contributed by atoms with E-state index in [2.05, 4.69) is 32.9 Å². The molecule has 0 aliphatic rings. The summed E-state index contributed by atoms with van der Waals surface area (Å²) in [6.45, 7) is 2.00. The number of benzene rings is 1. The van der Waals surface area contributed by atoms with Crippen LogP contribution in [0.25, 0.3) is 11.3 Å². The Morgan fingerprint density at radius 2 is 2.24 bits per heavy atom. The molecule has 1 unspecified atom stereocenters. The molecule has 1 heterocycles. The van der Waals surface area contributed by atoms with E-state index in [1.54, 1.807) is 6.20 Å². The minimum atomic E-state index is 0.0978. The Kier molecular flexibility index (Phi) is 4.06. The third kappa shape index (κ3) is 2.81. The summed E-state index contributed by atoms with van der Waals surface area (Å²) in [6, 6.07) is 5.81. The van der Waals surface area contributed by atoms with E-state index in [0.29, 0.717) is 10.9 Å². The molecule has 90 valence electrons. The fourth-order valence-corrected chi connectivity index (χ4v) is 2.20. The molecule has 0 spiro atoms. The van der Waals surface area contributed by atoms with Crippen molar-refractivity contribution in [2.24, 2.45) is 0 Å². The topological polar surface area (TPSA) is 38.1 Å². The molecule has 1 N–H and O–H groups in total. The highest BCUT2D eigenvalue weighted by Crippen LogP contribution is 2.29. The molecular weight excluding hydrogens is 351 g/mol. The van der Waals surface area contributed by atoms with E-state index in [1.165, 1.54) is 0 Å². The van der Waals surface area contributed by atoms with Gasteiger partial charge in [0.2, 0.25) is 5.89 Å². The Hall–Kier alpha value is -0.590. The molecule has 2 aromatic rings. The van der Waals surface area contributed by atoms with E-state index in [-0.39, 0.29) is 6.04 Å². The maximum absolute atomic E-state index is 5.99. The fourth-order valence-electron chi connectivity index (χ4n) is 1.42. The monoisotopic (exact) mass is 362 g/mol. The van der Waals surface area contributed by atoms with Gasteiger partial charge in [-0.2, -0.15) is 0 Å². The molecule has 0 fully saturated rings. The molecule has 0 saturated heterocycles. The van der Waals surface area contributed by atoms with Gasteiger partial charge in [-0.05, 0) is 54.8 Å². The quantitative estimate of drug-likeness (QED) is 0.842. The molecule has 17 heavy (non-hydrogen) atoms. The SMILES string of the molecule is CNC(C)c1ncc(-c2cc(Cl)ccc2I)o1. The van der Waals surface area contributed by atoms with Gasteiger partial charge in [0.1, 0.15) is 0 Å². The minimum Gasteiger partial charge on any atom is -0.439 e. The summed E-state index contributed by atoms with van der Waals surface area (Å²) < 4.78 is 6.81. The lowest BCUT2D eigenvalue weighted by atomic mass is 10.2. The van der Waals surface area contributed by atoms with Crippen molar-refractivity contribution in [3.63, 3.8) is 0 Å². The number of aromatic nitrogens is 1. The second-order valence-corrected chi connectivity index (χ2v) is 5.30. The predicted molar refractivity (Wildman–Crippen MR) is 77.1 cm³/mol. The van der Waals surface area contributed by atoms with Crippen LogP contribution in [-0.2, 0) is 0 Å². The highest BCUT2D eigenvalue weighted by atomic mass is 127. The molecule has 0 radical (unpaired) electrons. The molecule has 2 rings (SSSR count). The number of halogens is 2. The van der Waals surface area contributed by atoms with Gasteiger partial charge in [-0.1, -0.05) is 11.6 Å². The van der Waals surface area contributed by atoms with Crippen LogP contribution >= 0.6 is 34.2 Å². The summed E-state index contributed by atoms with van der Waals surface area (Å²) in [7, 11) is 1.87. The van der Waals surface area contributed by atoms with E-state index in [9.17, 15) is 0 Å². The van der Waals surface area contributed by atoms with Crippen molar-refractivity contribution < 1.29 is 4.42 Å². The van der Waals surface area contributed by atoms with Crippen molar-refractivity contribution in [1.29, 1.82) is 0 Å². The number of nitrogens with one attached hydrogen (secondary N) is 1. The zero-order valence-corrected chi connectivity index (χ0v) is 12.4. The van der Waals surface area contributed by atoms with E-state index in [1.807, 2.05) is 32.2 Å². The highest BCUT2D eigenvalue weighted by molar-refractivity contribution is 14.1. The lowest BCUT2D eigenvalue weighted by Crippen LogP contribution is -2.12. The minimum absolute atomic E-state index is 0.0978. The Bertz CT molecular complexity index is 527. The van der Waals surface area contributed by atoms with Crippen molar-refractivity contribution in [3.05, 3.63) is 38.9 Å². The molecule has 0 bridgehead atoms. The standard InChI is InChI=1S/C12H12ClIN2O/c1-7(15-2)12-16-6-11(17-12)9-5-8(13)3-4-10(9)14/h3-7,15H,1-2H3. The fraction of sp³-hybridized carbons (Fsp3) is 0.250. The van der Waals surface area contributed by atoms with Gasteiger partial charge in [-0.3, -0.25) is 0 Å². The molecule has 0 amide bonds. The molecule has 1 aromatic carbocycles. The van der Waals surface area contributed by atoms with Crippen LogP contribution in [0.2, 0.25) is 5.02 Å².